The highest BCUT2D eigenvalue weighted by atomic mass is 32.2. The second-order valence-corrected chi connectivity index (χ2v) is 26.2. The summed E-state index contributed by atoms with van der Waals surface area (Å²) < 4.78 is 103. The van der Waals surface area contributed by atoms with Crippen molar-refractivity contribution in [2.75, 3.05) is 66.1 Å². The predicted molar refractivity (Wildman–Crippen MR) is 306 cm³/mol. The lowest BCUT2D eigenvalue weighted by atomic mass is 9.89. The van der Waals surface area contributed by atoms with Gasteiger partial charge in [-0.05, 0) is 91.3 Å². The molecular formula is C58H75N9O14S2. The van der Waals surface area contributed by atoms with Crippen molar-refractivity contribution in [2.24, 2.45) is 32.7 Å². The molecule has 0 aliphatic carbocycles. The summed E-state index contributed by atoms with van der Waals surface area (Å²) >= 11 is 0. The number of fused-ring (bicyclic) bond motifs is 3. The van der Waals surface area contributed by atoms with Crippen molar-refractivity contribution in [2.45, 2.75) is 108 Å². The number of amides is 1. The summed E-state index contributed by atoms with van der Waals surface area (Å²) in [6, 6.07) is 26.3. The van der Waals surface area contributed by atoms with Gasteiger partial charge in [0, 0.05) is 51.4 Å². The average molecular weight is 1190 g/mol. The standard InChI is InChI=1S/C38H45N5O10S.C20H30N4O4S/c1-38(2,16-17-40-36(41-24-39)52-27-11-7-4-8-12-27)23-43(54(46,47)28-13-14-32-33(20-28)51-25-50-32)21-31(44)30(19-26-9-5-3-6-10-26)42-37(45)53-34-22-49-35-29(34)15-18-48-35;1-15(2)11-24(12-20(4,5)8-9-22-16(3)23-13-21)29(25,26)17-6-7-18-19(10-17)28-14-27-18/h3-14,20,29-31,34-35,44H,15-19,21-23,25H2,1-2H3,(H,40,41)(H,42,45);6-7,10,15H,8-9,11-12,14H2,1-5H3,(H,22,23)/t29-,30-,31+,34-,35+;/m0./s1. The Morgan fingerprint density at radius 3 is 1.86 bits per heavy atom. The van der Waals surface area contributed by atoms with Crippen LogP contribution in [-0.2, 0) is 40.7 Å². The number of alkyl carbamates (subject to hydrolysis) is 1. The zero-order valence-corrected chi connectivity index (χ0v) is 49.5. The quantitative estimate of drug-likeness (QED) is 0.0244. The van der Waals surface area contributed by atoms with Crippen LogP contribution < -0.4 is 39.6 Å². The number of nitriles is 2. The maximum atomic E-state index is 14.4. The van der Waals surface area contributed by atoms with Gasteiger partial charge in [-0.2, -0.15) is 19.1 Å². The highest BCUT2D eigenvalue weighted by Gasteiger charge is 2.44. The molecule has 4 N–H and O–H groups in total. The van der Waals surface area contributed by atoms with Gasteiger partial charge in [-0.25, -0.2) is 31.9 Å². The summed E-state index contributed by atoms with van der Waals surface area (Å²) in [5.41, 5.74) is -0.187. The fourth-order valence-electron chi connectivity index (χ4n) is 9.60. The van der Waals surface area contributed by atoms with Crippen LogP contribution in [0.5, 0.6) is 28.7 Å². The van der Waals surface area contributed by atoms with Gasteiger partial charge in [-0.3, -0.25) is 10.3 Å². The number of benzene rings is 4. The minimum absolute atomic E-state index is 0.00150. The van der Waals surface area contributed by atoms with Crippen molar-refractivity contribution >= 4 is 38.0 Å². The number of hydrogen-bond donors (Lipinski definition) is 4. The topological polar surface area (TPSA) is 294 Å². The van der Waals surface area contributed by atoms with E-state index in [1.165, 1.54) is 28.6 Å². The molecule has 0 radical (unpaired) electrons. The number of para-hydroxylation sites is 1. The van der Waals surface area contributed by atoms with Crippen molar-refractivity contribution in [1.29, 1.82) is 10.5 Å². The lowest BCUT2D eigenvalue weighted by molar-refractivity contribution is -0.0907. The average Bonchev–Trinajstić information content (AvgIpc) is 4.12. The summed E-state index contributed by atoms with van der Waals surface area (Å²) in [5.74, 6) is 2.85. The first-order valence-electron chi connectivity index (χ1n) is 27.4. The molecule has 448 valence electrons. The Labute approximate surface area is 486 Å². The number of sulfonamides is 2. The molecule has 0 aromatic heterocycles. The van der Waals surface area contributed by atoms with Gasteiger partial charge in [-0.1, -0.05) is 90.1 Å². The predicted octanol–water partition coefficient (Wildman–Crippen LogP) is 6.76. The Morgan fingerprint density at radius 1 is 0.747 bits per heavy atom. The molecule has 25 heteroatoms. The number of carbonyl (C=O) groups is 1. The van der Waals surface area contributed by atoms with Gasteiger partial charge in [0.15, 0.2) is 41.7 Å². The highest BCUT2D eigenvalue weighted by Crippen LogP contribution is 2.38. The Bertz CT molecular complexity index is 3190. The number of hydrogen-bond acceptors (Lipinski definition) is 18. The fraction of sp³-hybridized carbons (Fsp3) is 0.500. The van der Waals surface area contributed by atoms with E-state index in [1.54, 1.807) is 47.6 Å². The SMILES string of the molecule is CC(=NCCC(C)(C)CN(CC(C)C)S(=O)(=O)c1ccc2c(c1)OCO2)NC#N.CC(C)(CCN=C(NC#N)Oc1ccccc1)CN(C[C@@H](O)[C@H](Cc1ccccc1)NC(=O)O[C@H]1CO[C@H]2OCC[C@H]21)S(=O)(=O)c1ccc2c(c1)OCO2. The van der Waals surface area contributed by atoms with E-state index in [0.29, 0.717) is 80.1 Å². The van der Waals surface area contributed by atoms with Crippen molar-refractivity contribution in [3.63, 3.8) is 0 Å². The lowest BCUT2D eigenvalue weighted by Crippen LogP contribution is -2.52. The molecule has 4 aromatic carbocycles. The van der Waals surface area contributed by atoms with Gasteiger partial charge in [0.25, 0.3) is 0 Å². The van der Waals surface area contributed by atoms with Crippen LogP contribution in [0.3, 0.4) is 0 Å². The van der Waals surface area contributed by atoms with E-state index in [-0.39, 0.29) is 79.3 Å². The molecule has 1 amide bonds. The third-order valence-corrected chi connectivity index (χ3v) is 17.6. The second-order valence-electron chi connectivity index (χ2n) is 22.4. The first-order chi connectivity index (χ1) is 39.5. The number of nitrogens with one attached hydrogen (secondary N) is 3. The summed E-state index contributed by atoms with van der Waals surface area (Å²) in [7, 11) is -7.95. The summed E-state index contributed by atoms with van der Waals surface area (Å²) in [5, 5.41) is 37.5. The van der Waals surface area contributed by atoms with Gasteiger partial charge in [0.1, 0.15) is 17.7 Å². The third kappa shape index (κ3) is 18.1. The molecule has 5 atom stereocenters. The minimum atomic E-state index is -4.26. The van der Waals surface area contributed by atoms with Crippen molar-refractivity contribution < 1.29 is 64.6 Å². The monoisotopic (exact) mass is 1190 g/mol. The molecule has 2 fully saturated rings. The number of aliphatic imine (C=N–C) groups is 2. The molecule has 8 rings (SSSR count). The molecule has 83 heavy (non-hydrogen) atoms. The van der Waals surface area contributed by atoms with E-state index in [1.807, 2.05) is 90.3 Å². The van der Waals surface area contributed by atoms with Crippen LogP contribution in [0.4, 0.5) is 4.79 Å². The largest absolute Gasteiger partial charge is 0.454 e. The van der Waals surface area contributed by atoms with Crippen LogP contribution >= 0.6 is 0 Å². The molecule has 0 bridgehead atoms. The number of aliphatic hydroxyl groups excluding tert-OH is 1. The molecule has 0 unspecified atom stereocenters. The number of nitrogens with zero attached hydrogens (tertiary/aromatic N) is 6. The summed E-state index contributed by atoms with van der Waals surface area (Å²) in [4.78, 5) is 22.2. The maximum absolute atomic E-state index is 14.4. The Kier molecular flexibility index (Phi) is 22.0. The van der Waals surface area contributed by atoms with Gasteiger partial charge >= 0.3 is 12.1 Å². The fourth-order valence-corrected chi connectivity index (χ4v) is 13.1. The van der Waals surface area contributed by atoms with E-state index in [0.717, 1.165) is 5.56 Å². The zero-order chi connectivity index (χ0) is 59.8. The molecule has 0 spiro atoms. The summed E-state index contributed by atoms with van der Waals surface area (Å²) in [6.45, 7) is 15.4. The van der Waals surface area contributed by atoms with Crippen LogP contribution in [-0.4, -0.2) is 139 Å². The van der Waals surface area contributed by atoms with E-state index < -0.39 is 56.1 Å². The Hall–Kier alpha value is -7.23. The Balaban J connectivity index is 0.000000288. The van der Waals surface area contributed by atoms with E-state index >= 15 is 0 Å². The van der Waals surface area contributed by atoms with Gasteiger partial charge in [0.2, 0.25) is 33.6 Å². The molecule has 23 nitrogen and oxygen atoms in total. The normalized spacial score (nSPS) is 18.3. The van der Waals surface area contributed by atoms with Crippen LogP contribution in [0, 0.1) is 45.6 Å². The number of aliphatic hydroxyl groups is 1. The smallest absolute Gasteiger partial charge is 0.407 e. The van der Waals surface area contributed by atoms with Crippen LogP contribution in [0.25, 0.3) is 0 Å². The van der Waals surface area contributed by atoms with Gasteiger partial charge in [-0.15, -0.1) is 0 Å². The van der Waals surface area contributed by atoms with Crippen LogP contribution in [0.2, 0.25) is 0 Å². The maximum Gasteiger partial charge on any atom is 0.407 e. The van der Waals surface area contributed by atoms with Crippen molar-refractivity contribution in [3.05, 3.63) is 103 Å². The highest BCUT2D eigenvalue weighted by molar-refractivity contribution is 7.89. The number of ether oxygens (including phenoxy) is 8. The zero-order valence-electron chi connectivity index (χ0n) is 47.9. The Morgan fingerprint density at radius 2 is 1.29 bits per heavy atom. The molecule has 2 saturated heterocycles. The molecule has 0 saturated carbocycles. The number of carbonyl (C=O) groups excluding carboxylic acids is 1. The summed E-state index contributed by atoms with van der Waals surface area (Å²) in [6.07, 6.45) is 2.56. The molecule has 4 aromatic rings. The molecule has 4 aliphatic heterocycles. The first kappa shape index (κ1) is 63.4. The van der Waals surface area contributed by atoms with E-state index in [2.05, 4.69) is 25.9 Å². The second kappa shape index (κ2) is 28.8. The van der Waals surface area contributed by atoms with Crippen molar-refractivity contribution in [3.8, 4) is 41.1 Å². The lowest BCUT2D eigenvalue weighted by Gasteiger charge is -2.35. The minimum Gasteiger partial charge on any atom is -0.454 e. The number of amidine groups is 2. The number of rotatable bonds is 24. The van der Waals surface area contributed by atoms with Gasteiger partial charge in [0.05, 0.1) is 41.1 Å². The first-order valence-corrected chi connectivity index (χ1v) is 30.2. The third-order valence-electron chi connectivity index (χ3n) is 14.0. The van der Waals surface area contributed by atoms with E-state index in [9.17, 15) is 32.0 Å². The van der Waals surface area contributed by atoms with E-state index in [4.69, 9.17) is 43.2 Å². The molecule has 4 aliphatic rings. The van der Waals surface area contributed by atoms with Crippen LogP contribution in [0.1, 0.15) is 73.3 Å². The van der Waals surface area contributed by atoms with Gasteiger partial charge < -0.3 is 48.3 Å². The molecular weight excluding hydrogens is 1110 g/mol. The van der Waals surface area contributed by atoms with Crippen molar-refractivity contribution in [1.82, 2.24) is 24.6 Å². The molecule has 4 heterocycles. The van der Waals surface area contributed by atoms with Crippen LogP contribution in [0.15, 0.2) is 117 Å².